The van der Waals surface area contributed by atoms with Gasteiger partial charge in [0, 0.05) is 36.8 Å². The summed E-state index contributed by atoms with van der Waals surface area (Å²) in [6.07, 6.45) is 0. The Morgan fingerprint density at radius 2 is 1.60 bits per heavy atom. The first-order chi connectivity index (χ1) is 14.3. The largest absolute Gasteiger partial charge is 0.451 e. The van der Waals surface area contributed by atoms with Gasteiger partial charge in [0.25, 0.3) is 10.0 Å². The summed E-state index contributed by atoms with van der Waals surface area (Å²) in [5, 5.41) is 0.716. The SMILES string of the molecule is CN(C)c1ccc2cc(C(=O)NS(=O)(=O)c3ccccc3-c3ccccc3)oc2c1. The second-order valence-corrected chi connectivity index (χ2v) is 8.67. The number of furan rings is 1. The molecule has 0 fully saturated rings. The van der Waals surface area contributed by atoms with Crippen molar-refractivity contribution in [2.24, 2.45) is 0 Å². The lowest BCUT2D eigenvalue weighted by Gasteiger charge is -2.11. The molecule has 0 saturated heterocycles. The highest BCUT2D eigenvalue weighted by Crippen LogP contribution is 2.28. The topological polar surface area (TPSA) is 79.6 Å². The maximum absolute atomic E-state index is 13.0. The van der Waals surface area contributed by atoms with Crippen LogP contribution in [0.25, 0.3) is 22.1 Å². The summed E-state index contributed by atoms with van der Waals surface area (Å²) in [5.41, 5.74) is 2.67. The molecule has 1 amide bonds. The summed E-state index contributed by atoms with van der Waals surface area (Å²) >= 11 is 0. The zero-order chi connectivity index (χ0) is 21.3. The lowest BCUT2D eigenvalue weighted by Crippen LogP contribution is -2.30. The second-order valence-electron chi connectivity index (χ2n) is 7.02. The molecule has 0 unspecified atom stereocenters. The lowest BCUT2D eigenvalue weighted by atomic mass is 10.1. The van der Waals surface area contributed by atoms with E-state index in [1.165, 1.54) is 12.1 Å². The third-order valence-electron chi connectivity index (χ3n) is 4.73. The van der Waals surface area contributed by atoms with Crippen LogP contribution >= 0.6 is 0 Å². The number of rotatable bonds is 5. The minimum absolute atomic E-state index is 0.0237. The second kappa shape index (κ2) is 7.68. The molecule has 0 saturated carbocycles. The molecule has 1 heterocycles. The molecular weight excluding hydrogens is 400 g/mol. The highest BCUT2D eigenvalue weighted by atomic mass is 32.2. The van der Waals surface area contributed by atoms with Gasteiger partial charge in [-0.15, -0.1) is 0 Å². The van der Waals surface area contributed by atoms with Gasteiger partial charge in [0.15, 0.2) is 5.76 Å². The summed E-state index contributed by atoms with van der Waals surface area (Å²) in [6.45, 7) is 0. The molecule has 0 aliphatic carbocycles. The molecule has 30 heavy (non-hydrogen) atoms. The van der Waals surface area contributed by atoms with E-state index >= 15 is 0 Å². The van der Waals surface area contributed by atoms with Gasteiger partial charge in [-0.1, -0.05) is 48.5 Å². The summed E-state index contributed by atoms with van der Waals surface area (Å²) in [6, 6.07) is 22.7. The molecular formula is C23H20N2O4S. The van der Waals surface area contributed by atoms with Crippen molar-refractivity contribution < 1.29 is 17.6 Å². The first kappa shape index (κ1) is 19.7. The summed E-state index contributed by atoms with van der Waals surface area (Å²) < 4.78 is 33.7. The molecule has 0 radical (unpaired) electrons. The maximum Gasteiger partial charge on any atom is 0.300 e. The highest BCUT2D eigenvalue weighted by molar-refractivity contribution is 7.90. The Labute approximate surface area is 174 Å². The van der Waals surface area contributed by atoms with Gasteiger partial charge < -0.3 is 9.32 Å². The van der Waals surface area contributed by atoms with Gasteiger partial charge in [-0.3, -0.25) is 4.79 Å². The van der Waals surface area contributed by atoms with Crippen LogP contribution in [0.2, 0.25) is 0 Å². The monoisotopic (exact) mass is 420 g/mol. The molecule has 4 aromatic rings. The van der Waals surface area contributed by atoms with Crippen molar-refractivity contribution in [3.8, 4) is 11.1 Å². The number of nitrogens with one attached hydrogen (secondary N) is 1. The van der Waals surface area contributed by atoms with Crippen LogP contribution in [0.3, 0.4) is 0 Å². The predicted molar refractivity (Wildman–Crippen MR) is 117 cm³/mol. The number of sulfonamides is 1. The van der Waals surface area contributed by atoms with Gasteiger partial charge in [-0.25, -0.2) is 13.1 Å². The van der Waals surface area contributed by atoms with Gasteiger partial charge >= 0.3 is 5.91 Å². The van der Waals surface area contributed by atoms with Crippen LogP contribution < -0.4 is 9.62 Å². The van der Waals surface area contributed by atoms with Crippen molar-refractivity contribution in [3.63, 3.8) is 0 Å². The van der Waals surface area contributed by atoms with Crippen LogP contribution in [0.5, 0.6) is 0 Å². The van der Waals surface area contributed by atoms with Gasteiger partial charge in [-0.05, 0) is 29.8 Å². The summed E-state index contributed by atoms with van der Waals surface area (Å²) in [7, 11) is -0.319. The van der Waals surface area contributed by atoms with Gasteiger partial charge in [-0.2, -0.15) is 0 Å². The van der Waals surface area contributed by atoms with Crippen LogP contribution in [-0.4, -0.2) is 28.4 Å². The molecule has 0 atom stereocenters. The van der Waals surface area contributed by atoms with Crippen molar-refractivity contribution in [1.29, 1.82) is 0 Å². The van der Waals surface area contributed by atoms with E-state index in [1.54, 1.807) is 24.3 Å². The minimum Gasteiger partial charge on any atom is -0.451 e. The Bertz CT molecular complexity index is 1330. The lowest BCUT2D eigenvalue weighted by molar-refractivity contribution is 0.0956. The molecule has 0 aliphatic rings. The van der Waals surface area contributed by atoms with Crippen molar-refractivity contribution >= 4 is 32.6 Å². The molecule has 0 spiro atoms. The fourth-order valence-corrected chi connectivity index (χ4v) is 4.38. The van der Waals surface area contributed by atoms with E-state index in [0.717, 1.165) is 11.3 Å². The Balaban J connectivity index is 1.66. The molecule has 6 nitrogen and oxygen atoms in total. The van der Waals surface area contributed by atoms with Gasteiger partial charge in [0.05, 0.1) is 4.90 Å². The van der Waals surface area contributed by atoms with Gasteiger partial charge in [0.2, 0.25) is 0 Å². The normalized spacial score (nSPS) is 11.4. The van der Waals surface area contributed by atoms with E-state index in [1.807, 2.05) is 61.5 Å². The third-order valence-corrected chi connectivity index (χ3v) is 6.12. The fraction of sp³-hybridized carbons (Fsp3) is 0.0870. The number of carbonyl (C=O) groups excluding carboxylic acids is 1. The average molecular weight is 420 g/mol. The van der Waals surface area contributed by atoms with Crippen molar-refractivity contribution in [1.82, 2.24) is 4.72 Å². The van der Waals surface area contributed by atoms with E-state index < -0.39 is 15.9 Å². The molecule has 1 aromatic heterocycles. The number of carbonyl (C=O) groups is 1. The quantitative estimate of drug-likeness (QED) is 0.521. The first-order valence-corrected chi connectivity index (χ1v) is 10.8. The number of fused-ring (bicyclic) bond motifs is 1. The van der Waals surface area contributed by atoms with Crippen LogP contribution in [0, 0.1) is 0 Å². The number of benzene rings is 3. The molecule has 0 aliphatic heterocycles. The van der Waals surface area contributed by atoms with Crippen molar-refractivity contribution in [2.75, 3.05) is 19.0 Å². The third kappa shape index (κ3) is 3.79. The number of hydrogen-bond donors (Lipinski definition) is 1. The average Bonchev–Trinajstić information content (AvgIpc) is 3.18. The highest BCUT2D eigenvalue weighted by Gasteiger charge is 2.24. The van der Waals surface area contributed by atoms with E-state index in [4.69, 9.17) is 4.42 Å². The van der Waals surface area contributed by atoms with Crippen LogP contribution in [0.15, 0.2) is 88.2 Å². The molecule has 1 N–H and O–H groups in total. The van der Waals surface area contributed by atoms with Crippen molar-refractivity contribution in [3.05, 3.63) is 84.6 Å². The Hall–Kier alpha value is -3.58. The summed E-state index contributed by atoms with van der Waals surface area (Å²) in [5.74, 6) is -0.887. The summed E-state index contributed by atoms with van der Waals surface area (Å²) in [4.78, 5) is 14.6. The van der Waals surface area contributed by atoms with Crippen LogP contribution in [-0.2, 0) is 10.0 Å². The van der Waals surface area contributed by atoms with E-state index in [0.29, 0.717) is 16.5 Å². The Kier molecular flexibility index (Phi) is 5.05. The number of anilines is 1. The molecule has 7 heteroatoms. The molecule has 3 aromatic carbocycles. The molecule has 4 rings (SSSR count). The Morgan fingerprint density at radius 1 is 0.900 bits per heavy atom. The van der Waals surface area contributed by atoms with Crippen LogP contribution in [0.4, 0.5) is 5.69 Å². The number of hydrogen-bond acceptors (Lipinski definition) is 5. The van der Waals surface area contributed by atoms with Crippen LogP contribution in [0.1, 0.15) is 10.6 Å². The number of amides is 1. The molecule has 0 bridgehead atoms. The predicted octanol–water partition coefficient (Wildman–Crippen LogP) is 4.28. The fourth-order valence-electron chi connectivity index (χ4n) is 3.19. The maximum atomic E-state index is 13.0. The van der Waals surface area contributed by atoms with Gasteiger partial charge in [0.1, 0.15) is 5.58 Å². The standard InChI is InChI=1S/C23H20N2O4S/c1-25(2)18-13-12-17-14-21(29-20(17)15-18)23(26)24-30(27,28)22-11-7-6-10-19(22)16-8-4-3-5-9-16/h3-15H,1-2H3,(H,24,26). The van der Waals surface area contributed by atoms with E-state index in [2.05, 4.69) is 4.72 Å². The minimum atomic E-state index is -4.11. The zero-order valence-corrected chi connectivity index (χ0v) is 17.3. The number of nitrogens with zero attached hydrogens (tertiary/aromatic N) is 1. The van der Waals surface area contributed by atoms with Crippen molar-refractivity contribution in [2.45, 2.75) is 4.90 Å². The zero-order valence-electron chi connectivity index (χ0n) is 16.5. The Morgan fingerprint density at radius 3 is 2.33 bits per heavy atom. The van der Waals surface area contributed by atoms with E-state index in [-0.39, 0.29) is 10.7 Å². The van der Waals surface area contributed by atoms with E-state index in [9.17, 15) is 13.2 Å². The smallest absolute Gasteiger partial charge is 0.300 e. The first-order valence-electron chi connectivity index (χ1n) is 9.28. The molecule has 152 valence electrons.